The van der Waals surface area contributed by atoms with Crippen molar-refractivity contribution in [2.24, 2.45) is 11.3 Å². The van der Waals surface area contributed by atoms with Crippen LogP contribution in [0.5, 0.6) is 0 Å². The summed E-state index contributed by atoms with van der Waals surface area (Å²) in [5, 5.41) is 0. The Kier molecular flexibility index (Phi) is 1.65. The minimum atomic E-state index is 0.550. The molecule has 0 aromatic carbocycles. The molecule has 0 nitrogen and oxygen atoms in total. The molecular formula is C9H16. The zero-order valence-electron chi connectivity index (χ0n) is 6.65. The molecule has 0 heterocycles. The number of allylic oxidation sites excluding steroid dienone is 2. The molecule has 0 radical (unpaired) electrons. The molecule has 0 saturated heterocycles. The number of rotatable bonds is 0. The van der Waals surface area contributed by atoms with Gasteiger partial charge in [0.2, 0.25) is 0 Å². The summed E-state index contributed by atoms with van der Waals surface area (Å²) in [6.45, 7) is 7.03. The van der Waals surface area contributed by atoms with Crippen LogP contribution in [-0.4, -0.2) is 0 Å². The Morgan fingerprint density at radius 2 is 2.00 bits per heavy atom. The smallest absolute Gasteiger partial charge is 0.0291 e. The molecule has 1 atom stereocenters. The second-order valence-electron chi connectivity index (χ2n) is 3.80. The highest BCUT2D eigenvalue weighted by Gasteiger charge is 2.25. The molecule has 0 N–H and O–H groups in total. The maximum absolute atomic E-state index is 2.35. The summed E-state index contributed by atoms with van der Waals surface area (Å²) in [6.07, 6.45) is 7.14. The lowest BCUT2D eigenvalue weighted by molar-refractivity contribution is 0.225. The summed E-state index contributed by atoms with van der Waals surface area (Å²) in [4.78, 5) is 0. The summed E-state index contributed by atoms with van der Waals surface area (Å²) >= 11 is 0. The molecule has 52 valence electrons. The zero-order chi connectivity index (χ0) is 6.91. The monoisotopic (exact) mass is 124 g/mol. The van der Waals surface area contributed by atoms with Gasteiger partial charge >= 0.3 is 0 Å². The van der Waals surface area contributed by atoms with Crippen LogP contribution in [-0.2, 0) is 0 Å². The molecule has 0 fully saturated rings. The van der Waals surface area contributed by atoms with Crippen LogP contribution in [0, 0.1) is 11.3 Å². The van der Waals surface area contributed by atoms with Crippen molar-refractivity contribution >= 4 is 0 Å². The number of hydrogen-bond donors (Lipinski definition) is 0. The van der Waals surface area contributed by atoms with Gasteiger partial charge in [0.05, 0.1) is 0 Å². The lowest BCUT2D eigenvalue weighted by Crippen LogP contribution is -2.22. The molecule has 0 amide bonds. The van der Waals surface area contributed by atoms with Crippen LogP contribution in [0.1, 0.15) is 33.6 Å². The van der Waals surface area contributed by atoms with E-state index in [0.29, 0.717) is 5.41 Å². The van der Waals surface area contributed by atoms with Crippen LogP contribution in [0.2, 0.25) is 0 Å². The predicted octanol–water partition coefficient (Wildman–Crippen LogP) is 3.00. The van der Waals surface area contributed by atoms with Gasteiger partial charge < -0.3 is 0 Å². The van der Waals surface area contributed by atoms with E-state index in [2.05, 4.69) is 32.9 Å². The maximum Gasteiger partial charge on any atom is -0.0291 e. The SMILES string of the molecule is CC1CC=CCC1(C)C. The van der Waals surface area contributed by atoms with Crippen molar-refractivity contribution in [1.29, 1.82) is 0 Å². The molecular weight excluding hydrogens is 108 g/mol. The van der Waals surface area contributed by atoms with E-state index in [9.17, 15) is 0 Å². The van der Waals surface area contributed by atoms with Gasteiger partial charge in [-0.3, -0.25) is 0 Å². The number of hydrogen-bond acceptors (Lipinski definition) is 0. The van der Waals surface area contributed by atoms with Gasteiger partial charge in [0, 0.05) is 0 Å². The highest BCUT2D eigenvalue weighted by molar-refractivity contribution is 4.97. The Morgan fingerprint density at radius 1 is 1.33 bits per heavy atom. The molecule has 0 aromatic rings. The molecule has 1 rings (SSSR count). The molecule has 0 heteroatoms. The van der Waals surface area contributed by atoms with Crippen molar-refractivity contribution < 1.29 is 0 Å². The highest BCUT2D eigenvalue weighted by atomic mass is 14.3. The largest absolute Gasteiger partial charge is 0.0882 e. The van der Waals surface area contributed by atoms with E-state index in [4.69, 9.17) is 0 Å². The van der Waals surface area contributed by atoms with Crippen LogP contribution in [0.15, 0.2) is 12.2 Å². The molecule has 0 saturated carbocycles. The summed E-state index contributed by atoms with van der Waals surface area (Å²) < 4.78 is 0. The van der Waals surface area contributed by atoms with E-state index < -0.39 is 0 Å². The molecule has 0 aromatic heterocycles. The van der Waals surface area contributed by atoms with Gasteiger partial charge in [-0.05, 0) is 24.2 Å². The molecule has 1 aliphatic rings. The quantitative estimate of drug-likeness (QED) is 0.435. The first kappa shape index (κ1) is 6.85. The van der Waals surface area contributed by atoms with Gasteiger partial charge in [0.15, 0.2) is 0 Å². The average Bonchev–Trinajstić information content (AvgIpc) is 1.77. The third kappa shape index (κ3) is 1.35. The second-order valence-corrected chi connectivity index (χ2v) is 3.80. The fraction of sp³-hybridized carbons (Fsp3) is 0.778. The lowest BCUT2D eigenvalue weighted by atomic mass is 9.73. The summed E-state index contributed by atoms with van der Waals surface area (Å²) in [5.41, 5.74) is 0.550. The first-order valence-corrected chi connectivity index (χ1v) is 3.78. The van der Waals surface area contributed by atoms with Crippen molar-refractivity contribution in [3.63, 3.8) is 0 Å². The van der Waals surface area contributed by atoms with E-state index in [-0.39, 0.29) is 0 Å². The summed E-state index contributed by atoms with van der Waals surface area (Å²) in [6, 6.07) is 0. The molecule has 1 aliphatic carbocycles. The van der Waals surface area contributed by atoms with Crippen molar-refractivity contribution in [2.75, 3.05) is 0 Å². The van der Waals surface area contributed by atoms with Gasteiger partial charge in [-0.1, -0.05) is 32.9 Å². The van der Waals surface area contributed by atoms with E-state index >= 15 is 0 Å². The lowest BCUT2D eigenvalue weighted by Gasteiger charge is -2.32. The zero-order valence-corrected chi connectivity index (χ0v) is 6.65. The topological polar surface area (TPSA) is 0 Å². The average molecular weight is 124 g/mol. The van der Waals surface area contributed by atoms with Crippen LogP contribution >= 0.6 is 0 Å². The molecule has 9 heavy (non-hydrogen) atoms. The molecule has 1 unspecified atom stereocenters. The minimum absolute atomic E-state index is 0.550. The third-order valence-electron chi connectivity index (χ3n) is 2.63. The van der Waals surface area contributed by atoms with Crippen LogP contribution in [0.4, 0.5) is 0 Å². The summed E-state index contributed by atoms with van der Waals surface area (Å²) in [7, 11) is 0. The summed E-state index contributed by atoms with van der Waals surface area (Å²) in [5.74, 6) is 0.863. The standard InChI is InChI=1S/C9H16/c1-8-6-4-5-7-9(8,2)3/h4-5,8H,6-7H2,1-3H3. The van der Waals surface area contributed by atoms with Gasteiger partial charge in [0.1, 0.15) is 0 Å². The third-order valence-corrected chi connectivity index (χ3v) is 2.63. The van der Waals surface area contributed by atoms with Gasteiger partial charge in [-0.15, -0.1) is 0 Å². The Labute approximate surface area is 58.0 Å². The fourth-order valence-electron chi connectivity index (χ4n) is 1.21. The Bertz CT molecular complexity index is 120. The Hall–Kier alpha value is -0.260. The maximum atomic E-state index is 2.35. The van der Waals surface area contributed by atoms with Crippen molar-refractivity contribution in [3.05, 3.63) is 12.2 Å². The Balaban J connectivity index is 2.64. The van der Waals surface area contributed by atoms with Crippen LogP contribution in [0.25, 0.3) is 0 Å². The van der Waals surface area contributed by atoms with Crippen LogP contribution < -0.4 is 0 Å². The van der Waals surface area contributed by atoms with E-state index in [0.717, 1.165) is 5.92 Å². The second kappa shape index (κ2) is 2.17. The van der Waals surface area contributed by atoms with E-state index in [1.165, 1.54) is 12.8 Å². The van der Waals surface area contributed by atoms with E-state index in [1.807, 2.05) is 0 Å². The fourth-order valence-corrected chi connectivity index (χ4v) is 1.21. The van der Waals surface area contributed by atoms with Crippen LogP contribution in [0.3, 0.4) is 0 Å². The first-order valence-electron chi connectivity index (χ1n) is 3.78. The Morgan fingerprint density at radius 3 is 2.33 bits per heavy atom. The molecule has 0 bridgehead atoms. The van der Waals surface area contributed by atoms with Crippen molar-refractivity contribution in [1.82, 2.24) is 0 Å². The van der Waals surface area contributed by atoms with Gasteiger partial charge in [-0.2, -0.15) is 0 Å². The molecule has 0 aliphatic heterocycles. The normalized spacial score (nSPS) is 32.6. The first-order chi connectivity index (χ1) is 4.13. The highest BCUT2D eigenvalue weighted by Crippen LogP contribution is 2.36. The predicted molar refractivity (Wildman–Crippen MR) is 41.3 cm³/mol. The molecule has 0 spiro atoms. The minimum Gasteiger partial charge on any atom is -0.0882 e. The van der Waals surface area contributed by atoms with Gasteiger partial charge in [0.25, 0.3) is 0 Å². The van der Waals surface area contributed by atoms with Crippen molar-refractivity contribution in [3.8, 4) is 0 Å². The van der Waals surface area contributed by atoms with Crippen molar-refractivity contribution in [2.45, 2.75) is 33.6 Å². The van der Waals surface area contributed by atoms with Gasteiger partial charge in [-0.25, -0.2) is 0 Å². The van der Waals surface area contributed by atoms with E-state index in [1.54, 1.807) is 0 Å².